The number of carbonyl (C=O) groups is 1. The molecule has 0 heterocycles. The van der Waals surface area contributed by atoms with Crippen LogP contribution < -0.4 is 0 Å². The number of hydrogen-bond donors (Lipinski definition) is 0. The topological polar surface area (TPSA) is 26.3 Å². The minimum atomic E-state index is -0.315. The van der Waals surface area contributed by atoms with Gasteiger partial charge in [-0.15, -0.1) is 0 Å². The summed E-state index contributed by atoms with van der Waals surface area (Å²) in [5.41, 5.74) is 2.13. The maximum Gasteiger partial charge on any atom is 0.313 e. The Morgan fingerprint density at radius 3 is 2.00 bits per heavy atom. The van der Waals surface area contributed by atoms with Crippen LogP contribution in [0.3, 0.4) is 0 Å². The molecule has 0 aliphatic heterocycles. The van der Waals surface area contributed by atoms with E-state index in [1.165, 1.54) is 5.56 Å². The summed E-state index contributed by atoms with van der Waals surface area (Å²) >= 11 is 0. The molecule has 0 saturated heterocycles. The van der Waals surface area contributed by atoms with Gasteiger partial charge in [-0.1, -0.05) is 78.3 Å². The second-order valence-electron chi connectivity index (χ2n) is 8.84. The molecule has 1 aliphatic rings. The molecular formula is C22H36O2. The van der Waals surface area contributed by atoms with Gasteiger partial charge >= 0.3 is 5.97 Å². The summed E-state index contributed by atoms with van der Waals surface area (Å²) in [6.07, 6.45) is 1.62. The lowest BCUT2D eigenvalue weighted by molar-refractivity contribution is -0.158. The Balaban J connectivity index is 0.00000139. The third-order valence-electron chi connectivity index (χ3n) is 4.97. The van der Waals surface area contributed by atoms with Gasteiger partial charge in [0.1, 0.15) is 6.10 Å². The molecule has 0 amide bonds. The molecule has 1 fully saturated rings. The minimum absolute atomic E-state index is 0.0273. The predicted molar refractivity (Wildman–Crippen MR) is 102 cm³/mol. The van der Waals surface area contributed by atoms with Crippen molar-refractivity contribution in [3.63, 3.8) is 0 Å². The Morgan fingerprint density at radius 2 is 1.62 bits per heavy atom. The van der Waals surface area contributed by atoms with Crippen LogP contribution in [0.1, 0.15) is 85.5 Å². The zero-order valence-electron chi connectivity index (χ0n) is 17.1. The number of carbonyl (C=O) groups excluding carboxylic acids is 1. The molecule has 24 heavy (non-hydrogen) atoms. The van der Waals surface area contributed by atoms with Crippen molar-refractivity contribution >= 4 is 5.97 Å². The number of ether oxygens (including phenoxy) is 1. The van der Waals surface area contributed by atoms with E-state index in [4.69, 9.17) is 4.74 Å². The third kappa shape index (κ3) is 4.62. The van der Waals surface area contributed by atoms with Crippen molar-refractivity contribution in [3.05, 3.63) is 35.4 Å². The van der Waals surface area contributed by atoms with Gasteiger partial charge in [-0.2, -0.15) is 0 Å². The number of benzene rings is 1. The first-order valence-electron chi connectivity index (χ1n) is 9.25. The van der Waals surface area contributed by atoms with E-state index in [9.17, 15) is 4.79 Å². The molecule has 0 spiro atoms. The van der Waals surface area contributed by atoms with E-state index in [1.54, 1.807) is 0 Å². The Morgan fingerprint density at radius 1 is 1.17 bits per heavy atom. The van der Waals surface area contributed by atoms with Gasteiger partial charge in [-0.25, -0.2) is 0 Å². The third-order valence-corrected chi connectivity index (χ3v) is 4.97. The van der Waals surface area contributed by atoms with Gasteiger partial charge in [0.15, 0.2) is 0 Å². The zero-order chi connectivity index (χ0) is 18.8. The summed E-state index contributed by atoms with van der Waals surface area (Å²) in [6.45, 7) is 19.0. The lowest BCUT2D eigenvalue weighted by Gasteiger charge is -2.28. The molecule has 2 unspecified atom stereocenters. The van der Waals surface area contributed by atoms with Crippen molar-refractivity contribution in [1.82, 2.24) is 0 Å². The van der Waals surface area contributed by atoms with E-state index in [2.05, 4.69) is 53.7 Å². The van der Waals surface area contributed by atoms with Crippen molar-refractivity contribution in [1.29, 1.82) is 0 Å². The van der Waals surface area contributed by atoms with E-state index in [-0.39, 0.29) is 28.3 Å². The van der Waals surface area contributed by atoms with Crippen LogP contribution in [0.15, 0.2) is 24.3 Å². The highest BCUT2D eigenvalue weighted by atomic mass is 16.5. The van der Waals surface area contributed by atoms with Crippen molar-refractivity contribution < 1.29 is 9.53 Å². The largest absolute Gasteiger partial charge is 0.457 e. The molecule has 0 N–H and O–H groups in total. The van der Waals surface area contributed by atoms with Gasteiger partial charge in [0.05, 0.1) is 5.41 Å². The van der Waals surface area contributed by atoms with Crippen LogP contribution in [0, 0.1) is 23.2 Å². The lowest BCUT2D eigenvalue weighted by Crippen LogP contribution is -2.29. The van der Waals surface area contributed by atoms with Crippen molar-refractivity contribution in [2.45, 2.75) is 81.3 Å². The molecular weight excluding hydrogens is 296 g/mol. The van der Waals surface area contributed by atoms with Crippen molar-refractivity contribution in [2.75, 3.05) is 0 Å². The molecule has 0 bridgehead atoms. The first-order valence-corrected chi connectivity index (χ1v) is 9.25. The van der Waals surface area contributed by atoms with Crippen molar-refractivity contribution in [3.8, 4) is 0 Å². The quantitative estimate of drug-likeness (QED) is 0.590. The summed E-state index contributed by atoms with van der Waals surface area (Å²) in [6, 6.07) is 8.21. The number of rotatable bonds is 4. The highest BCUT2D eigenvalue weighted by Crippen LogP contribution is 2.68. The first-order chi connectivity index (χ1) is 11.0. The second-order valence-corrected chi connectivity index (χ2v) is 8.84. The fourth-order valence-corrected chi connectivity index (χ4v) is 3.52. The maximum atomic E-state index is 12.8. The fourth-order valence-electron chi connectivity index (χ4n) is 3.52. The number of hydrogen-bond acceptors (Lipinski definition) is 2. The molecule has 136 valence electrons. The molecule has 2 atom stereocenters. The van der Waals surface area contributed by atoms with Gasteiger partial charge in [0.25, 0.3) is 0 Å². The zero-order valence-corrected chi connectivity index (χ0v) is 17.1. The normalized spacial score (nSPS) is 22.9. The standard InChI is InChI=1S/C20H30O2.C2H6/c1-14-8-10-16(11-9-14)15(2)22-17(21)20(12-18(3,4)5)13-19(20,6)7;1-2/h8-11,15H,12-13H2,1-7H3;1-2H3. The Kier molecular flexibility index (Phi) is 6.30. The average molecular weight is 333 g/mol. The molecule has 1 aromatic rings. The molecule has 0 aromatic heterocycles. The van der Waals surface area contributed by atoms with Gasteiger partial charge in [0.2, 0.25) is 0 Å². The van der Waals surface area contributed by atoms with Crippen LogP contribution in [0.25, 0.3) is 0 Å². The Labute approximate surface area is 149 Å². The molecule has 2 rings (SSSR count). The SMILES string of the molecule is CC.Cc1ccc(C(C)OC(=O)C2(CC(C)(C)C)CC2(C)C)cc1. The van der Waals surface area contributed by atoms with Crippen LogP contribution >= 0.6 is 0 Å². The number of aryl methyl sites for hydroxylation is 1. The summed E-state index contributed by atoms with van der Waals surface area (Å²) < 4.78 is 5.85. The Hall–Kier alpha value is -1.31. The highest BCUT2D eigenvalue weighted by molar-refractivity contribution is 5.82. The summed E-state index contributed by atoms with van der Waals surface area (Å²) in [4.78, 5) is 12.8. The molecule has 2 heteroatoms. The smallest absolute Gasteiger partial charge is 0.313 e. The van der Waals surface area contributed by atoms with Gasteiger partial charge in [0, 0.05) is 0 Å². The van der Waals surface area contributed by atoms with Crippen LogP contribution in [0.5, 0.6) is 0 Å². The lowest BCUT2D eigenvalue weighted by atomic mass is 9.79. The maximum absolute atomic E-state index is 12.8. The van der Waals surface area contributed by atoms with Crippen molar-refractivity contribution in [2.24, 2.45) is 16.2 Å². The second kappa shape index (κ2) is 7.29. The fraction of sp³-hybridized carbons (Fsp3) is 0.682. The van der Waals surface area contributed by atoms with Crippen LogP contribution in [0.2, 0.25) is 0 Å². The number of esters is 1. The molecule has 2 nitrogen and oxygen atoms in total. The van der Waals surface area contributed by atoms with Crippen LogP contribution in [0.4, 0.5) is 0 Å². The highest BCUT2D eigenvalue weighted by Gasteiger charge is 2.68. The predicted octanol–water partition coefficient (Wildman–Crippen LogP) is 6.48. The molecule has 1 aromatic carbocycles. The summed E-state index contributed by atoms with van der Waals surface area (Å²) in [7, 11) is 0. The van der Waals surface area contributed by atoms with E-state index in [0.717, 1.165) is 18.4 Å². The Bertz CT molecular complexity index is 548. The average Bonchev–Trinajstić information content (AvgIpc) is 3.01. The molecule has 1 aliphatic carbocycles. The summed E-state index contributed by atoms with van der Waals surface area (Å²) in [5, 5.41) is 0. The van der Waals surface area contributed by atoms with Crippen LogP contribution in [-0.4, -0.2) is 5.97 Å². The molecule has 0 radical (unpaired) electrons. The summed E-state index contributed by atoms with van der Waals surface area (Å²) in [5.74, 6) is -0.0273. The van der Waals surface area contributed by atoms with Gasteiger partial charge in [-0.3, -0.25) is 4.79 Å². The van der Waals surface area contributed by atoms with Gasteiger partial charge < -0.3 is 4.74 Å². The molecule has 1 saturated carbocycles. The van der Waals surface area contributed by atoms with E-state index in [1.807, 2.05) is 32.9 Å². The monoisotopic (exact) mass is 332 g/mol. The van der Waals surface area contributed by atoms with E-state index in [0.29, 0.717) is 0 Å². The van der Waals surface area contributed by atoms with Crippen LogP contribution in [-0.2, 0) is 9.53 Å². The minimum Gasteiger partial charge on any atom is -0.457 e. The van der Waals surface area contributed by atoms with E-state index < -0.39 is 0 Å². The van der Waals surface area contributed by atoms with E-state index >= 15 is 0 Å². The van der Waals surface area contributed by atoms with Gasteiger partial charge in [-0.05, 0) is 43.1 Å². The first kappa shape index (κ1) is 20.7.